The Kier molecular flexibility index (Phi) is 5.02. The van der Waals surface area contributed by atoms with Crippen LogP contribution >= 0.6 is 0 Å². The number of ether oxygens (including phenoxy) is 1. The summed E-state index contributed by atoms with van der Waals surface area (Å²) in [6.45, 7) is 1.23. The summed E-state index contributed by atoms with van der Waals surface area (Å²) >= 11 is 0. The molecular weight excluding hydrogens is 324 g/mol. The second-order valence-corrected chi connectivity index (χ2v) is 7.43. The molecule has 4 heteroatoms. The zero-order valence-corrected chi connectivity index (χ0v) is 15.4. The van der Waals surface area contributed by atoms with E-state index in [-0.39, 0.29) is 0 Å². The third-order valence-corrected chi connectivity index (χ3v) is 5.81. The average Bonchev–Trinajstić information content (AvgIpc) is 3.01. The van der Waals surface area contributed by atoms with Crippen LogP contribution in [0.4, 0.5) is 11.4 Å². The van der Waals surface area contributed by atoms with Gasteiger partial charge < -0.3 is 20.1 Å². The molecule has 1 heterocycles. The maximum Gasteiger partial charge on any atom is 0.119 e. The molecule has 0 saturated heterocycles. The predicted octanol–water partition coefficient (Wildman–Crippen LogP) is 4.01. The number of benzene rings is 2. The molecule has 1 saturated carbocycles. The third kappa shape index (κ3) is 3.38. The lowest BCUT2D eigenvalue weighted by molar-refractivity contribution is 0.187. The summed E-state index contributed by atoms with van der Waals surface area (Å²) in [5.74, 6) is 1.48. The molecule has 138 valence electrons. The van der Waals surface area contributed by atoms with Crippen LogP contribution in [-0.2, 0) is 0 Å². The van der Waals surface area contributed by atoms with Crippen molar-refractivity contribution in [2.24, 2.45) is 0 Å². The molecule has 2 N–H and O–H groups in total. The van der Waals surface area contributed by atoms with Crippen molar-refractivity contribution >= 4 is 11.4 Å². The van der Waals surface area contributed by atoms with Gasteiger partial charge >= 0.3 is 0 Å². The number of aliphatic hydroxyl groups excluding tert-OH is 1. The highest BCUT2D eigenvalue weighted by Crippen LogP contribution is 2.47. The lowest BCUT2D eigenvalue weighted by Gasteiger charge is -2.35. The second kappa shape index (κ2) is 7.58. The molecule has 0 unspecified atom stereocenters. The fourth-order valence-electron chi connectivity index (χ4n) is 4.56. The van der Waals surface area contributed by atoms with Crippen LogP contribution in [0.1, 0.15) is 37.2 Å². The van der Waals surface area contributed by atoms with Crippen molar-refractivity contribution in [3.63, 3.8) is 0 Å². The van der Waals surface area contributed by atoms with Gasteiger partial charge in [-0.3, -0.25) is 0 Å². The minimum Gasteiger partial charge on any atom is -0.497 e. The normalized spacial score (nSPS) is 22.5. The fraction of sp³-hybridized carbons (Fsp3) is 0.455. The van der Waals surface area contributed by atoms with Crippen molar-refractivity contribution in [3.8, 4) is 5.75 Å². The zero-order chi connectivity index (χ0) is 17.9. The Morgan fingerprint density at radius 2 is 1.88 bits per heavy atom. The van der Waals surface area contributed by atoms with E-state index in [1.54, 1.807) is 7.11 Å². The molecule has 1 fully saturated rings. The van der Waals surface area contributed by atoms with E-state index >= 15 is 0 Å². The molecule has 26 heavy (non-hydrogen) atoms. The number of nitrogens with one attached hydrogen (secondary N) is 1. The molecule has 2 aromatic carbocycles. The van der Waals surface area contributed by atoms with Gasteiger partial charge in [0.05, 0.1) is 13.2 Å². The van der Waals surface area contributed by atoms with E-state index in [1.165, 1.54) is 36.9 Å². The van der Waals surface area contributed by atoms with E-state index in [0.717, 1.165) is 11.4 Å². The van der Waals surface area contributed by atoms with Gasteiger partial charge in [-0.1, -0.05) is 31.0 Å². The number of β-amino-alcohol motifs (C(OH)–C–C–N with tert-alkyl or cyclic N) is 1. The van der Waals surface area contributed by atoms with Gasteiger partial charge in [0.25, 0.3) is 0 Å². The van der Waals surface area contributed by atoms with Gasteiger partial charge in [0.2, 0.25) is 0 Å². The molecule has 2 aromatic rings. The Hall–Kier alpha value is -2.20. The van der Waals surface area contributed by atoms with Gasteiger partial charge in [-0.25, -0.2) is 0 Å². The third-order valence-electron chi connectivity index (χ3n) is 5.81. The molecule has 0 radical (unpaired) electrons. The van der Waals surface area contributed by atoms with Crippen molar-refractivity contribution in [1.82, 2.24) is 0 Å². The number of methoxy groups -OCH3 is 1. The van der Waals surface area contributed by atoms with E-state index in [9.17, 15) is 5.11 Å². The van der Waals surface area contributed by atoms with Crippen molar-refractivity contribution < 1.29 is 9.84 Å². The number of hydrogen-bond acceptors (Lipinski definition) is 4. The Labute approximate surface area is 155 Å². The maximum atomic E-state index is 10.7. The first-order valence-electron chi connectivity index (χ1n) is 9.68. The summed E-state index contributed by atoms with van der Waals surface area (Å²) < 4.78 is 5.18. The summed E-state index contributed by atoms with van der Waals surface area (Å²) in [6, 6.07) is 17.1. The number of rotatable bonds is 6. The first-order chi connectivity index (χ1) is 12.8. The zero-order valence-electron chi connectivity index (χ0n) is 15.4. The quantitative estimate of drug-likeness (QED) is 0.824. The summed E-state index contributed by atoms with van der Waals surface area (Å²) in [6.07, 6.45) is 4.72. The van der Waals surface area contributed by atoms with Gasteiger partial charge in [0, 0.05) is 36.4 Å². The van der Waals surface area contributed by atoms with E-state index in [4.69, 9.17) is 4.74 Å². The molecule has 0 amide bonds. The van der Waals surface area contributed by atoms with Crippen molar-refractivity contribution in [3.05, 3.63) is 54.1 Å². The SMILES string of the molecule is COc1ccc(NC[C@H](O)CN2c3ccccc3[C@@H]3CCCC[C@H]32)cc1. The monoisotopic (exact) mass is 352 g/mol. The van der Waals surface area contributed by atoms with Crippen LogP contribution in [0.2, 0.25) is 0 Å². The van der Waals surface area contributed by atoms with Gasteiger partial charge in [0.1, 0.15) is 5.75 Å². The van der Waals surface area contributed by atoms with Crippen LogP contribution in [0, 0.1) is 0 Å². The topological polar surface area (TPSA) is 44.7 Å². The lowest BCUT2D eigenvalue weighted by Crippen LogP contribution is -2.42. The number of aliphatic hydroxyl groups is 1. The van der Waals surface area contributed by atoms with Gasteiger partial charge in [-0.05, 0) is 48.7 Å². The van der Waals surface area contributed by atoms with Crippen LogP contribution in [0.5, 0.6) is 5.75 Å². The van der Waals surface area contributed by atoms with Crippen LogP contribution in [-0.4, -0.2) is 37.5 Å². The van der Waals surface area contributed by atoms with Gasteiger partial charge in [-0.15, -0.1) is 0 Å². The van der Waals surface area contributed by atoms with E-state index in [0.29, 0.717) is 25.0 Å². The van der Waals surface area contributed by atoms with Gasteiger partial charge in [-0.2, -0.15) is 0 Å². The van der Waals surface area contributed by atoms with Crippen LogP contribution < -0.4 is 15.0 Å². The first kappa shape index (κ1) is 17.2. The lowest BCUT2D eigenvalue weighted by atomic mass is 9.82. The highest BCUT2D eigenvalue weighted by molar-refractivity contribution is 5.62. The molecule has 0 bridgehead atoms. The average molecular weight is 352 g/mol. The highest BCUT2D eigenvalue weighted by atomic mass is 16.5. The summed E-state index contributed by atoms with van der Waals surface area (Å²) in [4.78, 5) is 2.46. The van der Waals surface area contributed by atoms with Crippen LogP contribution in [0.3, 0.4) is 0 Å². The number of fused-ring (bicyclic) bond motifs is 3. The molecule has 3 atom stereocenters. The van der Waals surface area contributed by atoms with E-state index in [1.807, 2.05) is 24.3 Å². The second-order valence-electron chi connectivity index (χ2n) is 7.43. The number of para-hydroxylation sites is 1. The summed E-state index contributed by atoms with van der Waals surface area (Å²) in [5.41, 5.74) is 3.81. The van der Waals surface area contributed by atoms with Crippen molar-refractivity contribution in [1.29, 1.82) is 0 Å². The van der Waals surface area contributed by atoms with Crippen molar-refractivity contribution in [2.45, 2.75) is 43.7 Å². The minimum atomic E-state index is -0.411. The molecular formula is C22H28N2O2. The number of nitrogens with zero attached hydrogens (tertiary/aromatic N) is 1. The Morgan fingerprint density at radius 3 is 2.69 bits per heavy atom. The summed E-state index contributed by atoms with van der Waals surface area (Å²) in [7, 11) is 1.67. The van der Waals surface area contributed by atoms with Crippen LogP contribution in [0.15, 0.2) is 48.5 Å². The first-order valence-corrected chi connectivity index (χ1v) is 9.68. The standard InChI is InChI=1S/C22H28N2O2/c1-26-18-12-10-16(11-13-18)23-14-17(25)15-24-21-8-4-2-6-19(21)20-7-3-5-9-22(20)24/h2,4,6,8,10-13,17,20,22-23,25H,3,5,7,9,14-15H2,1H3/t17-,20-,22+/m0/s1. The molecule has 4 nitrogen and oxygen atoms in total. The maximum absolute atomic E-state index is 10.7. The number of anilines is 2. The largest absolute Gasteiger partial charge is 0.497 e. The Balaban J connectivity index is 1.40. The molecule has 2 aliphatic rings. The van der Waals surface area contributed by atoms with Gasteiger partial charge in [0.15, 0.2) is 0 Å². The van der Waals surface area contributed by atoms with E-state index < -0.39 is 6.10 Å². The molecule has 1 aliphatic carbocycles. The fourth-order valence-corrected chi connectivity index (χ4v) is 4.56. The highest BCUT2D eigenvalue weighted by Gasteiger charge is 2.39. The molecule has 1 aliphatic heterocycles. The predicted molar refractivity (Wildman–Crippen MR) is 106 cm³/mol. The molecule has 0 spiro atoms. The van der Waals surface area contributed by atoms with Crippen LogP contribution in [0.25, 0.3) is 0 Å². The number of hydrogen-bond donors (Lipinski definition) is 2. The summed E-state index contributed by atoms with van der Waals surface area (Å²) in [5, 5.41) is 14.0. The Morgan fingerprint density at radius 1 is 1.12 bits per heavy atom. The smallest absolute Gasteiger partial charge is 0.119 e. The minimum absolute atomic E-state index is 0.411. The van der Waals surface area contributed by atoms with E-state index in [2.05, 4.69) is 34.5 Å². The molecule has 0 aromatic heterocycles. The van der Waals surface area contributed by atoms with Crippen molar-refractivity contribution in [2.75, 3.05) is 30.4 Å². The molecule has 4 rings (SSSR count). The Bertz CT molecular complexity index is 731.